The Morgan fingerprint density at radius 1 is 1.24 bits per heavy atom. The van der Waals surface area contributed by atoms with Gasteiger partial charge in [-0.1, -0.05) is 6.07 Å². The molecule has 2 aliphatic rings. The van der Waals surface area contributed by atoms with Crippen LogP contribution in [0, 0.1) is 0 Å². The molecular formula is C15H23N3O2S. The highest BCUT2D eigenvalue weighted by atomic mass is 32.2. The van der Waals surface area contributed by atoms with Crippen molar-refractivity contribution in [3.05, 3.63) is 24.3 Å². The summed E-state index contributed by atoms with van der Waals surface area (Å²) in [6.45, 7) is 3.37. The largest absolute Gasteiger partial charge is 0.381 e. The summed E-state index contributed by atoms with van der Waals surface area (Å²) >= 11 is 0. The third-order valence-corrected chi connectivity index (χ3v) is 4.78. The standard InChI is InChI=1S/C15H23N3O2S/c1-11-8-14(10-18(11)15-6-7-15)16-12-4-3-5-13(9-12)17-21(2,19)20/h3-5,9,11,14-17H,6-8,10H2,1-2H3. The third-order valence-electron chi connectivity index (χ3n) is 4.18. The molecule has 6 heteroatoms. The molecule has 3 rings (SSSR count). The zero-order chi connectivity index (χ0) is 15.0. The fourth-order valence-electron chi connectivity index (χ4n) is 3.20. The molecule has 1 saturated heterocycles. The molecule has 2 atom stereocenters. The second-order valence-corrected chi connectivity index (χ2v) is 8.06. The van der Waals surface area contributed by atoms with E-state index in [0.717, 1.165) is 24.7 Å². The minimum absolute atomic E-state index is 0.439. The maximum Gasteiger partial charge on any atom is 0.229 e. The summed E-state index contributed by atoms with van der Waals surface area (Å²) in [6, 6.07) is 9.34. The average Bonchev–Trinajstić information content (AvgIpc) is 3.13. The van der Waals surface area contributed by atoms with Gasteiger partial charge in [0.1, 0.15) is 0 Å². The Morgan fingerprint density at radius 3 is 2.62 bits per heavy atom. The smallest absolute Gasteiger partial charge is 0.229 e. The van der Waals surface area contributed by atoms with Crippen LogP contribution in [-0.4, -0.2) is 44.2 Å². The number of rotatable bonds is 5. The van der Waals surface area contributed by atoms with E-state index in [2.05, 4.69) is 21.9 Å². The molecule has 0 aromatic heterocycles. The summed E-state index contributed by atoms with van der Waals surface area (Å²) < 4.78 is 25.1. The first kappa shape index (κ1) is 14.7. The Morgan fingerprint density at radius 2 is 1.95 bits per heavy atom. The first-order valence-electron chi connectivity index (χ1n) is 7.51. The Bertz CT molecular complexity index is 613. The predicted molar refractivity (Wildman–Crippen MR) is 86.1 cm³/mol. The van der Waals surface area contributed by atoms with E-state index in [1.807, 2.05) is 18.2 Å². The normalized spacial score (nSPS) is 26.8. The van der Waals surface area contributed by atoms with E-state index < -0.39 is 10.0 Å². The molecule has 0 bridgehead atoms. The molecule has 1 heterocycles. The fourth-order valence-corrected chi connectivity index (χ4v) is 3.75. The highest BCUT2D eigenvalue weighted by Crippen LogP contribution is 2.34. The van der Waals surface area contributed by atoms with Crippen LogP contribution < -0.4 is 10.0 Å². The summed E-state index contributed by atoms with van der Waals surface area (Å²) in [6.07, 6.45) is 4.98. The minimum Gasteiger partial charge on any atom is -0.381 e. The van der Waals surface area contributed by atoms with Crippen LogP contribution in [0.5, 0.6) is 0 Å². The zero-order valence-corrected chi connectivity index (χ0v) is 13.4. The van der Waals surface area contributed by atoms with Crippen molar-refractivity contribution < 1.29 is 8.42 Å². The van der Waals surface area contributed by atoms with E-state index in [1.54, 1.807) is 6.07 Å². The van der Waals surface area contributed by atoms with Crippen LogP contribution in [0.15, 0.2) is 24.3 Å². The second-order valence-electron chi connectivity index (χ2n) is 6.31. The van der Waals surface area contributed by atoms with Crippen molar-refractivity contribution in [3.8, 4) is 0 Å². The summed E-state index contributed by atoms with van der Waals surface area (Å²) in [4.78, 5) is 2.59. The average molecular weight is 309 g/mol. The number of nitrogens with one attached hydrogen (secondary N) is 2. The van der Waals surface area contributed by atoms with E-state index in [0.29, 0.717) is 17.8 Å². The number of sulfonamides is 1. The van der Waals surface area contributed by atoms with Crippen LogP contribution in [0.4, 0.5) is 11.4 Å². The van der Waals surface area contributed by atoms with E-state index in [4.69, 9.17) is 0 Å². The zero-order valence-electron chi connectivity index (χ0n) is 12.5. The molecule has 0 spiro atoms. The molecule has 1 saturated carbocycles. The molecule has 2 N–H and O–H groups in total. The summed E-state index contributed by atoms with van der Waals surface area (Å²) in [5.74, 6) is 0. The van der Waals surface area contributed by atoms with Gasteiger partial charge in [0.05, 0.1) is 11.9 Å². The van der Waals surface area contributed by atoms with Crippen LogP contribution >= 0.6 is 0 Å². The fraction of sp³-hybridized carbons (Fsp3) is 0.600. The number of likely N-dealkylation sites (tertiary alicyclic amines) is 1. The van der Waals surface area contributed by atoms with Gasteiger partial charge in [0, 0.05) is 30.4 Å². The van der Waals surface area contributed by atoms with Crippen LogP contribution in [0.2, 0.25) is 0 Å². The molecule has 2 fully saturated rings. The number of benzene rings is 1. The topological polar surface area (TPSA) is 61.4 Å². The van der Waals surface area contributed by atoms with Crippen LogP contribution in [0.25, 0.3) is 0 Å². The molecule has 1 aliphatic heterocycles. The monoisotopic (exact) mass is 309 g/mol. The SMILES string of the molecule is CC1CC(Nc2cccc(NS(C)(=O)=O)c2)CN1C1CC1. The van der Waals surface area contributed by atoms with Gasteiger partial charge < -0.3 is 5.32 Å². The minimum atomic E-state index is -3.23. The molecule has 0 radical (unpaired) electrons. The van der Waals surface area contributed by atoms with E-state index in [1.165, 1.54) is 19.1 Å². The quantitative estimate of drug-likeness (QED) is 0.874. The molecule has 116 valence electrons. The molecule has 2 unspecified atom stereocenters. The van der Waals surface area contributed by atoms with Crippen molar-refractivity contribution in [2.75, 3.05) is 22.8 Å². The van der Waals surface area contributed by atoms with Crippen molar-refractivity contribution in [2.45, 2.75) is 44.3 Å². The van der Waals surface area contributed by atoms with Gasteiger partial charge in [0.2, 0.25) is 10.0 Å². The van der Waals surface area contributed by atoms with Gasteiger partial charge in [-0.05, 0) is 44.4 Å². The Balaban J connectivity index is 1.64. The Kier molecular flexibility index (Phi) is 3.84. The van der Waals surface area contributed by atoms with Crippen molar-refractivity contribution in [1.82, 2.24) is 4.90 Å². The lowest BCUT2D eigenvalue weighted by molar-refractivity contribution is 0.257. The lowest BCUT2D eigenvalue weighted by atomic mass is 10.2. The molecule has 1 aromatic rings. The molecule has 21 heavy (non-hydrogen) atoms. The number of hydrogen-bond acceptors (Lipinski definition) is 4. The lowest BCUT2D eigenvalue weighted by Gasteiger charge is -2.20. The van der Waals surface area contributed by atoms with Crippen molar-refractivity contribution in [3.63, 3.8) is 0 Å². The van der Waals surface area contributed by atoms with E-state index in [9.17, 15) is 8.42 Å². The summed E-state index contributed by atoms with van der Waals surface area (Å²) in [5.41, 5.74) is 1.58. The van der Waals surface area contributed by atoms with Crippen molar-refractivity contribution in [1.29, 1.82) is 0 Å². The number of anilines is 2. The van der Waals surface area contributed by atoms with Gasteiger partial charge in [-0.25, -0.2) is 8.42 Å². The van der Waals surface area contributed by atoms with Crippen molar-refractivity contribution in [2.24, 2.45) is 0 Å². The van der Waals surface area contributed by atoms with Gasteiger partial charge in [-0.3, -0.25) is 9.62 Å². The lowest BCUT2D eigenvalue weighted by Crippen LogP contribution is -2.31. The first-order valence-corrected chi connectivity index (χ1v) is 9.40. The highest BCUT2D eigenvalue weighted by molar-refractivity contribution is 7.92. The number of nitrogens with zero attached hydrogens (tertiary/aromatic N) is 1. The molecule has 0 amide bonds. The number of hydrogen-bond donors (Lipinski definition) is 2. The second kappa shape index (κ2) is 5.50. The Hall–Kier alpha value is -1.27. The molecule has 1 aliphatic carbocycles. The van der Waals surface area contributed by atoms with Gasteiger partial charge in [-0.15, -0.1) is 0 Å². The molecule has 5 nitrogen and oxygen atoms in total. The highest BCUT2D eigenvalue weighted by Gasteiger charge is 2.38. The maximum absolute atomic E-state index is 11.3. The Labute approximate surface area is 126 Å². The van der Waals surface area contributed by atoms with Gasteiger partial charge in [-0.2, -0.15) is 0 Å². The third kappa shape index (κ3) is 3.89. The van der Waals surface area contributed by atoms with Crippen molar-refractivity contribution >= 4 is 21.4 Å². The summed E-state index contributed by atoms with van der Waals surface area (Å²) in [7, 11) is -3.23. The van der Waals surface area contributed by atoms with Gasteiger partial charge in [0.25, 0.3) is 0 Å². The van der Waals surface area contributed by atoms with Crippen LogP contribution in [0.3, 0.4) is 0 Å². The summed E-state index contributed by atoms with van der Waals surface area (Å²) in [5, 5.41) is 3.53. The van der Waals surface area contributed by atoms with E-state index in [-0.39, 0.29) is 0 Å². The van der Waals surface area contributed by atoms with E-state index >= 15 is 0 Å². The molecule has 1 aromatic carbocycles. The maximum atomic E-state index is 11.3. The van der Waals surface area contributed by atoms with Gasteiger partial charge >= 0.3 is 0 Å². The predicted octanol–water partition coefficient (Wildman–Crippen LogP) is 2.10. The van der Waals surface area contributed by atoms with Gasteiger partial charge in [0.15, 0.2) is 0 Å². The first-order chi connectivity index (χ1) is 9.90. The molecular weight excluding hydrogens is 286 g/mol. The van der Waals surface area contributed by atoms with Crippen LogP contribution in [-0.2, 0) is 10.0 Å². The van der Waals surface area contributed by atoms with Crippen LogP contribution in [0.1, 0.15) is 26.2 Å².